The summed E-state index contributed by atoms with van der Waals surface area (Å²) in [6, 6.07) is 11.9. The van der Waals surface area contributed by atoms with E-state index in [1.165, 1.54) is 0 Å². The van der Waals surface area contributed by atoms with Gasteiger partial charge in [-0.25, -0.2) is 4.98 Å². The van der Waals surface area contributed by atoms with Crippen LogP contribution in [0.15, 0.2) is 48.2 Å². The number of carbonyl (C=O) groups is 1. The zero-order chi connectivity index (χ0) is 19.5. The molecule has 0 spiro atoms. The van der Waals surface area contributed by atoms with E-state index in [4.69, 9.17) is 5.26 Å². The molecule has 30 heavy (non-hydrogen) atoms. The zero-order valence-corrected chi connectivity index (χ0v) is 18.9. The number of H-pyrrole nitrogens is 1. The maximum Gasteiger partial charge on any atom is 0.241 e. The molecule has 3 heterocycles. The van der Waals surface area contributed by atoms with E-state index in [2.05, 4.69) is 27.0 Å². The van der Waals surface area contributed by atoms with Crippen LogP contribution in [0.2, 0.25) is 0 Å². The van der Waals surface area contributed by atoms with E-state index in [0.717, 1.165) is 34.8 Å². The maximum atomic E-state index is 12.9. The Hall–Kier alpha value is -2.37. The van der Waals surface area contributed by atoms with Gasteiger partial charge in [-0.3, -0.25) is 9.69 Å². The van der Waals surface area contributed by atoms with E-state index >= 15 is 0 Å². The second kappa shape index (κ2) is 10.6. The minimum absolute atomic E-state index is 0. The van der Waals surface area contributed by atoms with Gasteiger partial charge in [0, 0.05) is 19.3 Å². The lowest BCUT2D eigenvalue weighted by molar-refractivity contribution is -0.122. The van der Waals surface area contributed by atoms with Crippen molar-refractivity contribution in [2.45, 2.75) is 19.4 Å². The summed E-state index contributed by atoms with van der Waals surface area (Å²) in [7, 11) is 0. The first-order chi connectivity index (χ1) is 13.7. The predicted molar refractivity (Wildman–Crippen MR) is 124 cm³/mol. The van der Waals surface area contributed by atoms with Crippen molar-refractivity contribution in [1.29, 1.82) is 5.26 Å². The van der Waals surface area contributed by atoms with E-state index in [1.54, 1.807) is 17.7 Å². The highest BCUT2D eigenvalue weighted by Gasteiger charge is 2.32. The summed E-state index contributed by atoms with van der Waals surface area (Å²) >= 11 is 1.62. The SMILES string of the molecule is Cc1ccsc1N1CCN(C(Cc2ccc(C#N)cc2)c2cnc[nH]2)CC1=O.Cl.Cl. The molecule has 0 bridgehead atoms. The van der Waals surface area contributed by atoms with E-state index < -0.39 is 0 Å². The van der Waals surface area contributed by atoms with Crippen LogP contribution in [0.5, 0.6) is 0 Å². The molecule has 2 aromatic heterocycles. The Morgan fingerprint density at radius 2 is 2.00 bits per heavy atom. The van der Waals surface area contributed by atoms with Crippen molar-refractivity contribution < 1.29 is 4.79 Å². The van der Waals surface area contributed by atoms with Crippen molar-refractivity contribution in [3.63, 3.8) is 0 Å². The molecule has 6 nitrogen and oxygen atoms in total. The molecule has 1 aromatic carbocycles. The van der Waals surface area contributed by atoms with Crippen LogP contribution in [0.3, 0.4) is 0 Å². The average Bonchev–Trinajstić information content (AvgIpc) is 3.38. The number of carbonyl (C=O) groups excluding carboxylic acids is 1. The minimum atomic E-state index is 0. The third kappa shape index (κ3) is 5.02. The number of rotatable bonds is 5. The van der Waals surface area contributed by atoms with Crippen molar-refractivity contribution >= 4 is 47.1 Å². The number of imidazole rings is 1. The molecular weight excluding hydrogens is 441 g/mol. The number of piperazine rings is 1. The summed E-state index contributed by atoms with van der Waals surface area (Å²) in [6.45, 7) is 3.89. The predicted octanol–water partition coefficient (Wildman–Crippen LogP) is 4.13. The van der Waals surface area contributed by atoms with Gasteiger partial charge in [-0.2, -0.15) is 5.26 Å². The smallest absolute Gasteiger partial charge is 0.241 e. The summed E-state index contributed by atoms with van der Waals surface area (Å²) in [4.78, 5) is 24.4. The fourth-order valence-electron chi connectivity index (χ4n) is 3.64. The van der Waals surface area contributed by atoms with Gasteiger partial charge in [-0.05, 0) is 48.1 Å². The number of amides is 1. The van der Waals surface area contributed by atoms with Crippen molar-refractivity contribution in [2.75, 3.05) is 24.5 Å². The van der Waals surface area contributed by atoms with Gasteiger partial charge in [0.05, 0.1) is 36.2 Å². The molecule has 3 aromatic rings. The number of hydrogen-bond donors (Lipinski definition) is 1. The van der Waals surface area contributed by atoms with Crippen LogP contribution in [-0.2, 0) is 11.2 Å². The Kier molecular flexibility index (Phi) is 8.44. The number of aryl methyl sites for hydroxylation is 1. The molecule has 158 valence electrons. The number of benzene rings is 1. The van der Waals surface area contributed by atoms with Gasteiger partial charge in [0.1, 0.15) is 5.00 Å². The number of aromatic amines is 1. The van der Waals surface area contributed by atoms with E-state index in [9.17, 15) is 4.79 Å². The highest BCUT2D eigenvalue weighted by molar-refractivity contribution is 7.14. The molecule has 1 saturated heterocycles. The summed E-state index contributed by atoms with van der Waals surface area (Å²) in [5, 5.41) is 12.1. The van der Waals surface area contributed by atoms with Gasteiger partial charge in [0.2, 0.25) is 5.91 Å². The summed E-state index contributed by atoms with van der Waals surface area (Å²) < 4.78 is 0. The number of hydrogen-bond acceptors (Lipinski definition) is 5. The normalized spacial score (nSPS) is 15.1. The Morgan fingerprint density at radius 3 is 2.57 bits per heavy atom. The molecule has 4 rings (SSSR count). The van der Waals surface area contributed by atoms with Crippen LogP contribution in [0.4, 0.5) is 5.00 Å². The molecule has 1 atom stereocenters. The van der Waals surface area contributed by atoms with E-state index in [0.29, 0.717) is 18.7 Å². The lowest BCUT2D eigenvalue weighted by atomic mass is 10.0. The van der Waals surface area contributed by atoms with Gasteiger partial charge in [0.25, 0.3) is 0 Å². The lowest BCUT2D eigenvalue weighted by Crippen LogP contribution is -2.51. The van der Waals surface area contributed by atoms with Gasteiger partial charge in [0.15, 0.2) is 0 Å². The standard InChI is InChI=1S/C21H21N5OS.2ClH/c1-15-6-9-28-21(15)26-8-7-25(13-20(26)27)19(18-12-23-14-24-18)10-16-2-4-17(11-22)5-3-16;;/h2-6,9,12,14,19H,7-8,10,13H2,1H3,(H,23,24);2*1H. The van der Waals surface area contributed by atoms with Crippen LogP contribution in [-0.4, -0.2) is 40.4 Å². The molecule has 0 radical (unpaired) electrons. The molecular formula is C21H23Cl2N5OS. The molecule has 1 aliphatic rings. The van der Waals surface area contributed by atoms with E-state index in [1.807, 2.05) is 47.7 Å². The molecule has 1 N–H and O–H groups in total. The number of nitrogens with one attached hydrogen (secondary N) is 1. The highest BCUT2D eigenvalue weighted by atomic mass is 35.5. The minimum Gasteiger partial charge on any atom is -0.347 e. The molecule has 0 saturated carbocycles. The first kappa shape index (κ1) is 23.9. The van der Waals surface area contributed by atoms with Crippen LogP contribution in [0, 0.1) is 18.3 Å². The van der Waals surface area contributed by atoms with Gasteiger partial charge in [-0.1, -0.05) is 12.1 Å². The van der Waals surface area contributed by atoms with Gasteiger partial charge >= 0.3 is 0 Å². The number of nitriles is 1. The Morgan fingerprint density at radius 1 is 1.23 bits per heavy atom. The molecule has 9 heteroatoms. The average molecular weight is 464 g/mol. The molecule has 1 unspecified atom stereocenters. The quantitative estimate of drug-likeness (QED) is 0.616. The number of anilines is 1. The largest absolute Gasteiger partial charge is 0.347 e. The fourth-order valence-corrected chi connectivity index (χ4v) is 4.61. The molecule has 1 aliphatic heterocycles. The fraction of sp³-hybridized carbons (Fsp3) is 0.286. The molecule has 1 amide bonds. The number of aromatic nitrogens is 2. The summed E-state index contributed by atoms with van der Waals surface area (Å²) in [5.74, 6) is 0.126. The van der Waals surface area contributed by atoms with Crippen LogP contribution in [0.25, 0.3) is 0 Å². The Bertz CT molecular complexity index is 997. The Balaban J connectivity index is 0.00000160. The topological polar surface area (TPSA) is 76.0 Å². The van der Waals surface area contributed by atoms with Crippen molar-refractivity contribution in [3.05, 3.63) is 70.6 Å². The van der Waals surface area contributed by atoms with Crippen molar-refractivity contribution in [2.24, 2.45) is 0 Å². The maximum absolute atomic E-state index is 12.9. The number of halogens is 2. The molecule has 0 aliphatic carbocycles. The van der Waals surface area contributed by atoms with E-state index in [-0.39, 0.29) is 36.8 Å². The highest BCUT2D eigenvalue weighted by Crippen LogP contribution is 2.31. The van der Waals surface area contributed by atoms with Crippen molar-refractivity contribution in [3.8, 4) is 6.07 Å². The molecule has 1 fully saturated rings. The Labute approximate surface area is 192 Å². The third-order valence-corrected chi connectivity index (χ3v) is 6.20. The third-order valence-electron chi connectivity index (χ3n) is 5.16. The van der Waals surface area contributed by atoms with Crippen molar-refractivity contribution in [1.82, 2.24) is 14.9 Å². The number of nitrogens with zero attached hydrogens (tertiary/aromatic N) is 4. The second-order valence-electron chi connectivity index (χ2n) is 6.96. The van der Waals surface area contributed by atoms with Crippen LogP contribution >= 0.6 is 36.2 Å². The second-order valence-corrected chi connectivity index (χ2v) is 7.85. The first-order valence-electron chi connectivity index (χ1n) is 9.21. The lowest BCUT2D eigenvalue weighted by Gasteiger charge is -2.38. The van der Waals surface area contributed by atoms with Crippen LogP contribution in [0.1, 0.15) is 28.4 Å². The monoisotopic (exact) mass is 463 g/mol. The van der Waals surface area contributed by atoms with Crippen LogP contribution < -0.4 is 4.90 Å². The summed E-state index contributed by atoms with van der Waals surface area (Å²) in [5.41, 5.74) is 3.92. The van der Waals surface area contributed by atoms with Gasteiger partial charge in [-0.15, -0.1) is 36.2 Å². The van der Waals surface area contributed by atoms with Gasteiger partial charge < -0.3 is 9.88 Å². The summed E-state index contributed by atoms with van der Waals surface area (Å²) in [6.07, 6.45) is 4.25. The number of thiophene rings is 1. The zero-order valence-electron chi connectivity index (χ0n) is 16.4. The first-order valence-corrected chi connectivity index (χ1v) is 10.1.